The molecule has 1 saturated heterocycles. The van der Waals surface area contributed by atoms with Crippen molar-refractivity contribution < 1.29 is 14.2 Å². The molecule has 2 aromatic heterocycles. The van der Waals surface area contributed by atoms with E-state index in [1.54, 1.807) is 23.9 Å². The summed E-state index contributed by atoms with van der Waals surface area (Å²) in [7, 11) is 1.63. The Labute approximate surface area is 200 Å². The number of methoxy groups -OCH3 is 1. The van der Waals surface area contributed by atoms with Crippen LogP contribution in [0.2, 0.25) is 0 Å². The number of fused-ring (bicyclic) bond motifs is 5. The summed E-state index contributed by atoms with van der Waals surface area (Å²) in [6, 6.07) is 9.18. The molecule has 4 aromatic rings. The molecule has 10 nitrogen and oxygen atoms in total. The van der Waals surface area contributed by atoms with Gasteiger partial charge < -0.3 is 19.2 Å². The van der Waals surface area contributed by atoms with E-state index in [0.29, 0.717) is 59.6 Å². The standard InChI is InChI=1S/C25H27N5O5/c1-33-9-10-34-14-15-11-19-23-20(12-15)35-16-5-6-29(13-16)7-8-30-25(32)18-4-2-3-17(21(18)28-30)22(27-23)24(31)26-19/h2-4,11-12,16,28H,5-10,13-14H2,1H3,(H,26,31)/t16-/m0/s1. The number of hydrogen-bond acceptors (Lipinski definition) is 7. The van der Waals surface area contributed by atoms with Gasteiger partial charge in [-0.15, -0.1) is 0 Å². The number of para-hydroxylation sites is 1. The molecule has 0 spiro atoms. The highest BCUT2D eigenvalue weighted by molar-refractivity contribution is 5.93. The second-order valence-electron chi connectivity index (χ2n) is 9.08. The zero-order valence-corrected chi connectivity index (χ0v) is 19.5. The second-order valence-corrected chi connectivity index (χ2v) is 9.08. The average molecular weight is 478 g/mol. The largest absolute Gasteiger partial charge is 0.487 e. The fourth-order valence-electron chi connectivity index (χ4n) is 4.96. The molecule has 2 aliphatic heterocycles. The Morgan fingerprint density at radius 2 is 2.09 bits per heavy atom. The smallest absolute Gasteiger partial charge is 0.275 e. The lowest BCUT2D eigenvalue weighted by Crippen LogP contribution is -2.30. The maximum atomic E-state index is 13.2. The zero-order valence-electron chi connectivity index (χ0n) is 19.5. The lowest BCUT2D eigenvalue weighted by atomic mass is 10.1. The normalized spacial score (nSPS) is 19.5. The van der Waals surface area contributed by atoms with Gasteiger partial charge in [0.2, 0.25) is 0 Å². The van der Waals surface area contributed by atoms with Crippen molar-refractivity contribution in [2.75, 3.05) is 40.0 Å². The Bertz CT molecular complexity index is 1520. The van der Waals surface area contributed by atoms with E-state index in [0.717, 1.165) is 31.6 Å². The molecule has 2 aliphatic rings. The molecule has 2 N–H and O–H groups in total. The topological polar surface area (TPSA) is 114 Å². The minimum Gasteiger partial charge on any atom is -0.487 e. The van der Waals surface area contributed by atoms with E-state index in [1.807, 2.05) is 18.2 Å². The first-order chi connectivity index (χ1) is 17.1. The van der Waals surface area contributed by atoms with Crippen LogP contribution in [-0.4, -0.2) is 70.7 Å². The lowest BCUT2D eigenvalue weighted by Gasteiger charge is -2.19. The third-order valence-corrected chi connectivity index (χ3v) is 6.73. The lowest BCUT2D eigenvalue weighted by molar-refractivity contribution is 0.0615. The highest BCUT2D eigenvalue weighted by Gasteiger charge is 2.26. The Balaban J connectivity index is 1.54. The number of aromatic nitrogens is 4. The molecule has 0 aliphatic carbocycles. The number of ether oxygens (including phenoxy) is 3. The average Bonchev–Trinajstić information content (AvgIpc) is 3.43. The first-order valence-corrected chi connectivity index (χ1v) is 11.9. The minimum absolute atomic E-state index is 0.0122. The van der Waals surface area contributed by atoms with Crippen molar-refractivity contribution in [2.24, 2.45) is 0 Å². The molecular weight excluding hydrogens is 450 g/mol. The Morgan fingerprint density at radius 3 is 2.97 bits per heavy atom. The van der Waals surface area contributed by atoms with E-state index in [1.165, 1.54) is 0 Å². The molecule has 6 bridgehead atoms. The Kier molecular flexibility index (Phi) is 5.63. The van der Waals surface area contributed by atoms with Crippen LogP contribution in [0.5, 0.6) is 5.75 Å². The second kappa shape index (κ2) is 8.95. The van der Waals surface area contributed by atoms with Crippen molar-refractivity contribution in [2.45, 2.75) is 25.7 Å². The van der Waals surface area contributed by atoms with Crippen molar-refractivity contribution in [1.82, 2.24) is 24.6 Å². The van der Waals surface area contributed by atoms with Gasteiger partial charge in [0.15, 0.2) is 0 Å². The quantitative estimate of drug-likeness (QED) is 0.422. The van der Waals surface area contributed by atoms with Crippen LogP contribution in [0, 0.1) is 0 Å². The third-order valence-electron chi connectivity index (χ3n) is 6.73. The monoisotopic (exact) mass is 477 g/mol. The van der Waals surface area contributed by atoms with Crippen molar-refractivity contribution >= 4 is 21.9 Å². The van der Waals surface area contributed by atoms with Gasteiger partial charge in [0.1, 0.15) is 23.1 Å². The zero-order chi connectivity index (χ0) is 23.9. The maximum Gasteiger partial charge on any atom is 0.275 e. The fourth-order valence-corrected chi connectivity index (χ4v) is 4.96. The fraction of sp³-hybridized carbons (Fsp3) is 0.400. The summed E-state index contributed by atoms with van der Waals surface area (Å²) >= 11 is 0. The maximum absolute atomic E-state index is 13.2. The predicted octanol–water partition coefficient (Wildman–Crippen LogP) is 1.86. The van der Waals surface area contributed by atoms with Crippen molar-refractivity contribution in [3.8, 4) is 17.0 Å². The molecule has 6 rings (SSSR count). The van der Waals surface area contributed by atoms with Crippen LogP contribution in [0.15, 0.2) is 39.9 Å². The summed E-state index contributed by atoms with van der Waals surface area (Å²) in [4.78, 5) is 36.3. The first-order valence-electron chi connectivity index (χ1n) is 11.9. The number of rotatable bonds is 5. The van der Waals surface area contributed by atoms with Crippen LogP contribution in [0.1, 0.15) is 12.0 Å². The highest BCUT2D eigenvalue weighted by atomic mass is 16.5. The van der Waals surface area contributed by atoms with Gasteiger partial charge in [-0.05, 0) is 30.2 Å². The van der Waals surface area contributed by atoms with E-state index < -0.39 is 0 Å². The van der Waals surface area contributed by atoms with E-state index in [-0.39, 0.29) is 22.9 Å². The highest BCUT2D eigenvalue weighted by Crippen LogP contribution is 2.30. The first kappa shape index (κ1) is 22.0. The van der Waals surface area contributed by atoms with Crippen LogP contribution < -0.4 is 15.9 Å². The Morgan fingerprint density at radius 1 is 1.17 bits per heavy atom. The number of nitrogens with zero attached hydrogens (tertiary/aromatic N) is 3. The number of H-pyrrole nitrogens is 2. The summed E-state index contributed by atoms with van der Waals surface area (Å²) in [6.07, 6.45) is 0.859. The molecular formula is C25H27N5O5. The molecule has 0 saturated carbocycles. The molecule has 1 unspecified atom stereocenters. The van der Waals surface area contributed by atoms with Gasteiger partial charge in [-0.3, -0.25) is 24.3 Å². The molecule has 2 aromatic carbocycles. The summed E-state index contributed by atoms with van der Waals surface area (Å²) in [6.45, 7) is 4.25. The van der Waals surface area contributed by atoms with Gasteiger partial charge in [-0.1, -0.05) is 12.1 Å². The van der Waals surface area contributed by atoms with E-state index >= 15 is 0 Å². The minimum atomic E-state index is -0.332. The SMILES string of the molecule is COCCOCc1cc2c3nc(c(=O)[nH]c3c1)-c1cccc3c(=O)n([nH]c13)CCN1CC[C@@H](C1)O2. The van der Waals surface area contributed by atoms with Gasteiger partial charge in [-0.2, -0.15) is 0 Å². The van der Waals surface area contributed by atoms with Crippen molar-refractivity contribution in [3.63, 3.8) is 0 Å². The molecule has 2 atom stereocenters. The predicted molar refractivity (Wildman–Crippen MR) is 131 cm³/mol. The molecule has 182 valence electrons. The number of nitrogens with one attached hydrogen (secondary N) is 2. The third kappa shape index (κ3) is 4.03. The van der Waals surface area contributed by atoms with Crippen LogP contribution in [-0.2, 0) is 22.6 Å². The van der Waals surface area contributed by atoms with Gasteiger partial charge >= 0.3 is 0 Å². The van der Waals surface area contributed by atoms with E-state index in [4.69, 9.17) is 19.2 Å². The molecule has 10 heteroatoms. The molecule has 0 radical (unpaired) electrons. The van der Waals surface area contributed by atoms with Crippen LogP contribution in [0.25, 0.3) is 33.2 Å². The summed E-state index contributed by atoms with van der Waals surface area (Å²) in [5.41, 5.74) is 3.05. The number of aromatic amines is 2. The number of benzene rings is 2. The Hall–Kier alpha value is -3.47. The van der Waals surface area contributed by atoms with Crippen molar-refractivity contribution in [1.29, 1.82) is 0 Å². The van der Waals surface area contributed by atoms with Crippen LogP contribution in [0.3, 0.4) is 0 Å². The molecule has 4 heterocycles. The molecule has 35 heavy (non-hydrogen) atoms. The van der Waals surface area contributed by atoms with Gasteiger partial charge in [0.25, 0.3) is 11.1 Å². The van der Waals surface area contributed by atoms with E-state index in [9.17, 15) is 9.59 Å². The van der Waals surface area contributed by atoms with Gasteiger partial charge in [-0.25, -0.2) is 4.98 Å². The summed E-state index contributed by atoms with van der Waals surface area (Å²) in [5.74, 6) is 0.618. The van der Waals surface area contributed by atoms with Crippen molar-refractivity contribution in [3.05, 3.63) is 56.6 Å². The molecule has 0 amide bonds. The summed E-state index contributed by atoms with van der Waals surface area (Å²) < 4.78 is 18.9. The number of hydrogen-bond donors (Lipinski definition) is 2. The van der Waals surface area contributed by atoms with Gasteiger partial charge in [0, 0.05) is 32.3 Å². The van der Waals surface area contributed by atoms with Crippen LogP contribution >= 0.6 is 0 Å². The summed E-state index contributed by atoms with van der Waals surface area (Å²) in [5, 5.41) is 3.77. The van der Waals surface area contributed by atoms with Gasteiger partial charge in [0.05, 0.1) is 42.8 Å². The van der Waals surface area contributed by atoms with Crippen LogP contribution in [0.4, 0.5) is 0 Å². The molecule has 1 fully saturated rings. The van der Waals surface area contributed by atoms with E-state index in [2.05, 4.69) is 15.0 Å².